The third-order valence-corrected chi connectivity index (χ3v) is 5.48. The van der Waals surface area contributed by atoms with Crippen LogP contribution in [0.1, 0.15) is 21.0 Å². The van der Waals surface area contributed by atoms with Crippen molar-refractivity contribution >= 4 is 40.5 Å². The van der Waals surface area contributed by atoms with Crippen LogP contribution in [-0.4, -0.2) is 79.6 Å². The smallest absolute Gasteiger partial charge is 0.275 e. The van der Waals surface area contributed by atoms with Crippen LogP contribution in [0, 0.1) is 0 Å². The molecule has 15 heteroatoms. The second-order valence-electron chi connectivity index (χ2n) is 8.80. The van der Waals surface area contributed by atoms with E-state index in [0.29, 0.717) is 5.69 Å². The van der Waals surface area contributed by atoms with Crippen molar-refractivity contribution in [2.45, 2.75) is 0 Å². The quantitative estimate of drug-likeness (QED) is 0.211. The minimum absolute atomic E-state index is 0.0175. The molecular weight excluding hydrogens is 510 g/mol. The van der Waals surface area contributed by atoms with Gasteiger partial charge >= 0.3 is 0 Å². The maximum absolute atomic E-state index is 12.1. The lowest BCUT2D eigenvalue weighted by Crippen LogP contribution is -2.35. The Morgan fingerprint density at radius 3 is 1.72 bits per heavy atom. The Morgan fingerprint density at radius 1 is 0.795 bits per heavy atom. The predicted octanol–water partition coefficient (Wildman–Crippen LogP) is 0.320. The number of hydrogen-bond acceptors (Lipinski definition) is 11. The van der Waals surface area contributed by atoms with Crippen LogP contribution in [-0.2, 0) is 14.1 Å². The lowest BCUT2D eigenvalue weighted by Gasteiger charge is -2.13. The summed E-state index contributed by atoms with van der Waals surface area (Å²) >= 11 is 0. The summed E-state index contributed by atoms with van der Waals surface area (Å²) in [4.78, 5) is 50.0. The summed E-state index contributed by atoms with van der Waals surface area (Å²) in [6.45, 7) is 0. The Kier molecular flexibility index (Phi) is 7.93. The fourth-order valence-corrected chi connectivity index (χ4v) is 3.45. The average Bonchev–Trinajstić information content (AvgIpc) is 3.32. The Balaban J connectivity index is 0.000000272. The molecule has 0 bridgehead atoms. The first-order valence-electron chi connectivity index (χ1n) is 11.4. The van der Waals surface area contributed by atoms with Crippen LogP contribution in [0.4, 0.5) is 28.7 Å². The molecule has 0 aliphatic rings. The molecule has 0 unspecified atom stereocenters. The first kappa shape index (κ1) is 28.2. The first-order chi connectivity index (χ1) is 18.3. The zero-order chi connectivity index (χ0) is 29.2. The number of aromatic hydroxyl groups is 2. The number of hydrogen-bond donors (Lipinski definition) is 5. The Morgan fingerprint density at radius 2 is 1.26 bits per heavy atom. The van der Waals surface area contributed by atoms with Gasteiger partial charge in [-0.25, -0.2) is 0 Å². The van der Waals surface area contributed by atoms with Gasteiger partial charge in [0, 0.05) is 48.0 Å². The normalized spacial score (nSPS) is 10.5. The molecule has 0 radical (unpaired) electrons. The molecule has 2 heterocycles. The number of anilines is 5. The maximum Gasteiger partial charge on any atom is 0.275 e. The van der Waals surface area contributed by atoms with Crippen molar-refractivity contribution in [1.82, 2.24) is 29.4 Å². The van der Waals surface area contributed by atoms with Gasteiger partial charge in [0.25, 0.3) is 22.7 Å². The number of nitrogens with one attached hydrogen (secondary N) is 2. The number of nitrogen functional groups attached to an aromatic ring is 1. The Labute approximate surface area is 222 Å². The highest BCUT2D eigenvalue weighted by molar-refractivity contribution is 5.97. The van der Waals surface area contributed by atoms with E-state index in [2.05, 4.69) is 20.8 Å². The molecule has 0 saturated heterocycles. The summed E-state index contributed by atoms with van der Waals surface area (Å²) in [6.07, 6.45) is 0. The van der Waals surface area contributed by atoms with Crippen molar-refractivity contribution < 1.29 is 19.8 Å². The van der Waals surface area contributed by atoms with Gasteiger partial charge in [0.1, 0.15) is 11.4 Å². The number of para-hydroxylation sites is 1. The summed E-state index contributed by atoms with van der Waals surface area (Å²) in [5, 5.41) is 32.9. The number of aromatic nitrogens is 4. The van der Waals surface area contributed by atoms with Crippen LogP contribution in [0.3, 0.4) is 0 Å². The van der Waals surface area contributed by atoms with Crippen LogP contribution in [0.2, 0.25) is 0 Å². The maximum atomic E-state index is 12.1. The third kappa shape index (κ3) is 5.51. The van der Waals surface area contributed by atoms with E-state index in [1.807, 2.05) is 6.07 Å². The molecule has 206 valence electrons. The average molecular weight is 540 g/mol. The van der Waals surface area contributed by atoms with Crippen LogP contribution in [0.15, 0.2) is 39.9 Å². The molecule has 2 aromatic heterocycles. The second kappa shape index (κ2) is 11.0. The van der Waals surface area contributed by atoms with E-state index in [0.717, 1.165) is 0 Å². The molecule has 0 aliphatic carbocycles. The van der Waals surface area contributed by atoms with E-state index in [-0.39, 0.29) is 46.1 Å². The number of benzene rings is 1. The van der Waals surface area contributed by atoms with Gasteiger partial charge < -0.3 is 36.4 Å². The van der Waals surface area contributed by atoms with Crippen molar-refractivity contribution in [3.05, 3.63) is 62.2 Å². The van der Waals surface area contributed by atoms with Gasteiger partial charge in [0.2, 0.25) is 0 Å². The molecule has 0 spiro atoms. The molecule has 0 fully saturated rings. The topological polar surface area (TPSA) is 201 Å². The molecule has 2 amide bonds. The summed E-state index contributed by atoms with van der Waals surface area (Å²) in [7, 11) is 9.30. The summed E-state index contributed by atoms with van der Waals surface area (Å²) < 4.78 is 2.46. The van der Waals surface area contributed by atoms with Crippen LogP contribution >= 0.6 is 0 Å². The third-order valence-electron chi connectivity index (χ3n) is 5.48. The lowest BCUT2D eigenvalue weighted by molar-refractivity contribution is 0.0806. The molecule has 4 rings (SSSR count). The zero-order valence-corrected chi connectivity index (χ0v) is 22.2. The van der Waals surface area contributed by atoms with Crippen molar-refractivity contribution in [3.63, 3.8) is 0 Å². The number of carbonyl (C=O) groups is 2. The van der Waals surface area contributed by atoms with Gasteiger partial charge in [-0.2, -0.15) is 10.2 Å². The molecule has 0 saturated carbocycles. The molecular formula is C24H29N9O6. The second-order valence-corrected chi connectivity index (χ2v) is 8.80. The molecule has 4 aromatic rings. The molecule has 0 atom stereocenters. The van der Waals surface area contributed by atoms with Gasteiger partial charge in [-0.3, -0.25) is 28.5 Å². The number of rotatable bonds is 6. The molecule has 39 heavy (non-hydrogen) atoms. The number of aryl methyl sites for hydroxylation is 2. The van der Waals surface area contributed by atoms with Crippen molar-refractivity contribution in [2.24, 2.45) is 14.1 Å². The van der Waals surface area contributed by atoms with E-state index >= 15 is 0 Å². The highest BCUT2D eigenvalue weighted by Crippen LogP contribution is 2.31. The Bertz CT molecular complexity index is 1590. The predicted molar refractivity (Wildman–Crippen MR) is 145 cm³/mol. The molecule has 6 N–H and O–H groups in total. The van der Waals surface area contributed by atoms with Crippen LogP contribution in [0.5, 0.6) is 11.5 Å². The minimum Gasteiger partial charge on any atom is -0.503 e. The fourth-order valence-electron chi connectivity index (χ4n) is 3.45. The number of amides is 2. The van der Waals surface area contributed by atoms with E-state index in [9.17, 15) is 29.4 Å². The van der Waals surface area contributed by atoms with Gasteiger partial charge in [-0.1, -0.05) is 18.2 Å². The highest BCUT2D eigenvalue weighted by atomic mass is 16.3. The number of carbonyl (C=O) groups excluding carboxylic acids is 2. The van der Waals surface area contributed by atoms with E-state index in [4.69, 9.17) is 5.73 Å². The van der Waals surface area contributed by atoms with Gasteiger partial charge in [-0.15, -0.1) is 0 Å². The molecule has 15 nitrogen and oxygen atoms in total. The minimum atomic E-state index is -0.728. The monoisotopic (exact) mass is 539 g/mol. The SMILES string of the molecule is CN(C)C(=O)c1c(O)c(N)nn1C.CN(C)C(=O)c1c(O)c(Nc2c(Nc3ccccc3)c(=O)c2=O)nn1C. The standard InChI is InChI=1S/C17H17N5O4.C7H12N4O2/c1-21(2)17(26)12-15(25)16(20-22(12)3)19-11-10(13(23)14(11)24)18-9-7-5-4-6-8-9;1-10(2)7(13)4-5(12)6(8)9-11(4)3/h4-8,18,25H,1-3H3,(H,19,20);12H,1-3H3,(H2,8,9). The fraction of sp³-hybridized carbons (Fsp3) is 0.250. The van der Waals surface area contributed by atoms with E-state index < -0.39 is 22.5 Å². The summed E-state index contributed by atoms with van der Waals surface area (Å²) in [5.41, 5.74) is 4.69. The van der Waals surface area contributed by atoms with Gasteiger partial charge in [0.15, 0.2) is 34.5 Å². The first-order valence-corrected chi connectivity index (χ1v) is 11.4. The summed E-state index contributed by atoms with van der Waals surface area (Å²) in [5.74, 6) is -1.55. The molecule has 0 aliphatic heterocycles. The number of nitrogens with zero attached hydrogens (tertiary/aromatic N) is 6. The van der Waals surface area contributed by atoms with Crippen molar-refractivity contribution in [1.29, 1.82) is 0 Å². The lowest BCUT2D eigenvalue weighted by atomic mass is 10.1. The van der Waals surface area contributed by atoms with E-state index in [1.54, 1.807) is 59.5 Å². The summed E-state index contributed by atoms with van der Waals surface area (Å²) in [6, 6.07) is 8.87. The highest BCUT2D eigenvalue weighted by Gasteiger charge is 2.27. The van der Waals surface area contributed by atoms with Gasteiger partial charge in [0.05, 0.1) is 0 Å². The van der Waals surface area contributed by atoms with Crippen LogP contribution < -0.4 is 27.2 Å². The largest absolute Gasteiger partial charge is 0.503 e. The zero-order valence-electron chi connectivity index (χ0n) is 22.2. The molecule has 2 aromatic carbocycles. The van der Waals surface area contributed by atoms with Crippen molar-refractivity contribution in [3.8, 4) is 11.5 Å². The van der Waals surface area contributed by atoms with Crippen molar-refractivity contribution in [2.75, 3.05) is 44.6 Å². The van der Waals surface area contributed by atoms with Gasteiger partial charge in [-0.05, 0) is 12.1 Å². The van der Waals surface area contributed by atoms with Crippen LogP contribution in [0.25, 0.3) is 0 Å². The number of nitrogens with two attached hydrogens (primary N) is 1. The Hall–Kier alpha value is -5.34. The van der Waals surface area contributed by atoms with E-state index in [1.165, 1.54) is 26.2 Å².